The summed E-state index contributed by atoms with van der Waals surface area (Å²) < 4.78 is 0.350. The molecule has 22 heavy (non-hydrogen) atoms. The number of rotatable bonds is 1. The molecule has 4 rings (SSSR count). The summed E-state index contributed by atoms with van der Waals surface area (Å²) in [4.78, 5) is 3.98. The van der Waals surface area contributed by atoms with Gasteiger partial charge in [0.05, 0.1) is 0 Å². The number of aryl methyl sites for hydroxylation is 1. The van der Waals surface area contributed by atoms with Gasteiger partial charge in [0.1, 0.15) is 0 Å². The molecule has 1 spiro atoms. The van der Waals surface area contributed by atoms with Gasteiger partial charge in [-0.15, -0.1) is 11.8 Å². The fraction of sp³-hybridized carbons (Fsp3) is 0.400. The largest absolute Gasteiger partial charge is 0.306 e. The first-order valence-electron chi connectivity index (χ1n) is 8.22. The lowest BCUT2D eigenvalue weighted by atomic mass is 9.74. The van der Waals surface area contributed by atoms with Gasteiger partial charge in [0, 0.05) is 15.6 Å². The molecule has 0 radical (unpaired) electrons. The summed E-state index contributed by atoms with van der Waals surface area (Å²) in [6.07, 6.45) is 2.56. The van der Waals surface area contributed by atoms with E-state index in [9.17, 15) is 0 Å². The minimum absolute atomic E-state index is 0.350. The van der Waals surface area contributed by atoms with Crippen molar-refractivity contribution in [3.05, 3.63) is 65.2 Å². The molecule has 0 aromatic heterocycles. The van der Waals surface area contributed by atoms with Gasteiger partial charge >= 0.3 is 0 Å². The molecule has 0 N–H and O–H groups in total. The van der Waals surface area contributed by atoms with Crippen LogP contribution in [-0.4, -0.2) is 29.8 Å². The number of likely N-dealkylation sites (tertiary alicyclic amines) is 1. The molecule has 114 valence electrons. The Bertz CT molecular complexity index is 686. The predicted molar refractivity (Wildman–Crippen MR) is 94.8 cm³/mol. The van der Waals surface area contributed by atoms with E-state index < -0.39 is 0 Å². The molecule has 1 nitrogen and oxygen atoms in total. The maximum atomic E-state index is 2.48. The third kappa shape index (κ3) is 2.21. The second-order valence-corrected chi connectivity index (χ2v) is 8.25. The van der Waals surface area contributed by atoms with Crippen LogP contribution >= 0.6 is 11.8 Å². The molecule has 2 heterocycles. The summed E-state index contributed by atoms with van der Waals surface area (Å²) in [6, 6.07) is 18.1. The minimum atomic E-state index is 0.350. The summed E-state index contributed by atoms with van der Waals surface area (Å²) in [6.45, 7) is 4.69. The molecule has 0 amide bonds. The Hall–Kier alpha value is -1.25. The van der Waals surface area contributed by atoms with E-state index in [2.05, 4.69) is 79.2 Å². The van der Waals surface area contributed by atoms with Crippen molar-refractivity contribution in [3.8, 4) is 0 Å². The van der Waals surface area contributed by atoms with E-state index in [1.54, 1.807) is 5.56 Å². The Kier molecular flexibility index (Phi) is 3.54. The predicted octanol–water partition coefficient (Wildman–Crippen LogP) is 4.70. The van der Waals surface area contributed by atoms with Crippen molar-refractivity contribution in [2.24, 2.45) is 0 Å². The number of thioether (sulfide) groups is 1. The van der Waals surface area contributed by atoms with E-state index in [0.29, 0.717) is 10.7 Å². The number of nitrogens with zero attached hydrogens (tertiary/aromatic N) is 1. The monoisotopic (exact) mass is 309 g/mol. The van der Waals surface area contributed by atoms with Gasteiger partial charge in [-0.2, -0.15) is 0 Å². The van der Waals surface area contributed by atoms with Crippen molar-refractivity contribution in [2.75, 3.05) is 20.1 Å². The quantitative estimate of drug-likeness (QED) is 0.751. The Morgan fingerprint density at radius 1 is 0.955 bits per heavy atom. The second kappa shape index (κ2) is 5.43. The zero-order valence-corrected chi connectivity index (χ0v) is 14.2. The summed E-state index contributed by atoms with van der Waals surface area (Å²) in [7, 11) is 2.25. The van der Waals surface area contributed by atoms with Crippen LogP contribution in [0.25, 0.3) is 0 Å². The average molecular weight is 309 g/mol. The van der Waals surface area contributed by atoms with Crippen molar-refractivity contribution in [2.45, 2.75) is 35.3 Å². The summed E-state index contributed by atoms with van der Waals surface area (Å²) in [5.41, 5.74) is 4.51. The first-order valence-corrected chi connectivity index (χ1v) is 9.03. The molecule has 0 saturated carbocycles. The number of hydrogen-bond donors (Lipinski definition) is 0. The van der Waals surface area contributed by atoms with E-state index in [4.69, 9.17) is 0 Å². The summed E-state index contributed by atoms with van der Waals surface area (Å²) in [5, 5.41) is 0. The van der Waals surface area contributed by atoms with Crippen LogP contribution in [0, 0.1) is 6.92 Å². The molecule has 2 aliphatic heterocycles. The summed E-state index contributed by atoms with van der Waals surface area (Å²) in [5.74, 6) is 0.545. The molecule has 1 fully saturated rings. The molecular weight excluding hydrogens is 286 g/mol. The Labute approximate surface area is 137 Å². The maximum absolute atomic E-state index is 2.48. The van der Waals surface area contributed by atoms with Crippen LogP contribution in [0.1, 0.15) is 35.4 Å². The fourth-order valence-corrected chi connectivity index (χ4v) is 5.77. The lowest BCUT2D eigenvalue weighted by Gasteiger charge is -2.42. The number of piperidine rings is 1. The van der Waals surface area contributed by atoms with Gasteiger partial charge in [0.15, 0.2) is 0 Å². The molecular formula is C20H23NS. The molecule has 2 heteroatoms. The number of hydrogen-bond acceptors (Lipinski definition) is 2. The third-order valence-electron chi connectivity index (χ3n) is 5.40. The van der Waals surface area contributed by atoms with Crippen molar-refractivity contribution < 1.29 is 0 Å². The van der Waals surface area contributed by atoms with Crippen molar-refractivity contribution in [1.29, 1.82) is 0 Å². The molecule has 1 atom stereocenters. The van der Waals surface area contributed by atoms with Crippen LogP contribution in [0.2, 0.25) is 0 Å². The maximum Gasteiger partial charge on any atom is 0.0341 e. The highest BCUT2D eigenvalue weighted by Gasteiger charge is 2.48. The van der Waals surface area contributed by atoms with E-state index in [1.165, 1.54) is 42.0 Å². The highest BCUT2D eigenvalue weighted by Crippen LogP contribution is 2.60. The topological polar surface area (TPSA) is 3.24 Å². The first kappa shape index (κ1) is 14.3. The zero-order chi connectivity index (χ0) is 15.2. The normalized spacial score (nSPS) is 23.6. The van der Waals surface area contributed by atoms with Gasteiger partial charge in [0.25, 0.3) is 0 Å². The highest BCUT2D eigenvalue weighted by atomic mass is 32.2. The zero-order valence-electron chi connectivity index (χ0n) is 13.4. The average Bonchev–Trinajstić information content (AvgIpc) is 2.85. The Morgan fingerprint density at radius 3 is 2.32 bits per heavy atom. The van der Waals surface area contributed by atoms with E-state index in [1.807, 2.05) is 0 Å². The SMILES string of the molecule is Cc1ccccc1C1c2ccccc2SC12CCN(C)CC2. The van der Waals surface area contributed by atoms with Crippen LogP contribution < -0.4 is 0 Å². The van der Waals surface area contributed by atoms with Gasteiger partial charge in [-0.05, 0) is 62.7 Å². The van der Waals surface area contributed by atoms with Crippen LogP contribution in [0.15, 0.2) is 53.4 Å². The highest BCUT2D eigenvalue weighted by molar-refractivity contribution is 8.01. The van der Waals surface area contributed by atoms with Gasteiger partial charge in [-0.1, -0.05) is 42.5 Å². The lowest BCUT2D eigenvalue weighted by molar-refractivity contribution is 0.230. The molecule has 2 aromatic rings. The third-order valence-corrected chi connectivity index (χ3v) is 7.04. The van der Waals surface area contributed by atoms with Crippen LogP contribution in [0.3, 0.4) is 0 Å². The van der Waals surface area contributed by atoms with Gasteiger partial charge in [-0.3, -0.25) is 0 Å². The van der Waals surface area contributed by atoms with E-state index >= 15 is 0 Å². The van der Waals surface area contributed by atoms with Crippen molar-refractivity contribution >= 4 is 11.8 Å². The smallest absolute Gasteiger partial charge is 0.0341 e. The molecule has 2 aliphatic rings. The molecule has 1 unspecified atom stereocenters. The van der Waals surface area contributed by atoms with E-state index in [0.717, 1.165) is 0 Å². The molecule has 0 bridgehead atoms. The van der Waals surface area contributed by atoms with Crippen molar-refractivity contribution in [3.63, 3.8) is 0 Å². The minimum Gasteiger partial charge on any atom is -0.306 e. The van der Waals surface area contributed by atoms with Gasteiger partial charge in [0.2, 0.25) is 0 Å². The molecule has 2 aromatic carbocycles. The Morgan fingerprint density at radius 2 is 1.59 bits per heavy atom. The lowest BCUT2D eigenvalue weighted by Crippen LogP contribution is -2.43. The first-order chi connectivity index (χ1) is 10.7. The van der Waals surface area contributed by atoms with Gasteiger partial charge in [-0.25, -0.2) is 0 Å². The number of benzene rings is 2. The number of fused-ring (bicyclic) bond motifs is 1. The molecule has 1 saturated heterocycles. The van der Waals surface area contributed by atoms with Crippen LogP contribution in [0.5, 0.6) is 0 Å². The standard InChI is InChI=1S/C20H23NS/c1-15-7-3-4-8-16(15)19-17-9-5-6-10-18(17)22-20(19)11-13-21(2)14-12-20/h3-10,19H,11-14H2,1-2H3. The Balaban J connectivity index is 1.85. The molecule has 0 aliphatic carbocycles. The van der Waals surface area contributed by atoms with E-state index in [-0.39, 0.29) is 0 Å². The fourth-order valence-electron chi connectivity index (χ4n) is 4.12. The van der Waals surface area contributed by atoms with Gasteiger partial charge < -0.3 is 4.90 Å². The summed E-state index contributed by atoms with van der Waals surface area (Å²) >= 11 is 2.15. The van der Waals surface area contributed by atoms with Crippen molar-refractivity contribution in [1.82, 2.24) is 4.90 Å². The second-order valence-electron chi connectivity index (χ2n) is 6.80. The van der Waals surface area contributed by atoms with Crippen LogP contribution in [0.4, 0.5) is 0 Å². The van der Waals surface area contributed by atoms with Crippen LogP contribution in [-0.2, 0) is 0 Å².